The van der Waals surface area contributed by atoms with Gasteiger partial charge in [0.15, 0.2) is 11.5 Å². The maximum atomic E-state index is 14.0. The third-order valence-electron chi connectivity index (χ3n) is 6.57. The Kier molecular flexibility index (Phi) is 7.86. The van der Waals surface area contributed by atoms with Crippen LogP contribution in [0, 0.1) is 0 Å². The van der Waals surface area contributed by atoms with Gasteiger partial charge in [-0.15, -0.1) is 0 Å². The predicted molar refractivity (Wildman–Crippen MR) is 141 cm³/mol. The summed E-state index contributed by atoms with van der Waals surface area (Å²) in [5.74, 6) is 0.997. The van der Waals surface area contributed by atoms with Crippen LogP contribution < -0.4 is 24.3 Å². The molecule has 0 saturated carbocycles. The molecule has 0 bridgehead atoms. The number of hydrogen-bond acceptors (Lipinski definition) is 6. The second-order valence-corrected chi connectivity index (χ2v) is 8.68. The van der Waals surface area contributed by atoms with Gasteiger partial charge in [-0.3, -0.25) is 9.59 Å². The predicted octanol–water partition coefficient (Wildman–Crippen LogP) is 5.05. The molecule has 0 unspecified atom stereocenters. The van der Waals surface area contributed by atoms with Gasteiger partial charge in [-0.1, -0.05) is 25.1 Å². The second kappa shape index (κ2) is 11.2. The number of nitrogens with one attached hydrogen (secondary N) is 1. The molecule has 2 amide bonds. The number of rotatable bonds is 9. The van der Waals surface area contributed by atoms with Gasteiger partial charge in [0, 0.05) is 17.8 Å². The number of carbonyl (C=O) groups excluding carboxylic acids is 2. The van der Waals surface area contributed by atoms with E-state index >= 15 is 0 Å². The first-order valence-electron chi connectivity index (χ1n) is 12.1. The van der Waals surface area contributed by atoms with Crippen molar-refractivity contribution in [1.29, 1.82) is 0 Å². The molecule has 0 fully saturated rings. The highest BCUT2D eigenvalue weighted by molar-refractivity contribution is 6.04. The van der Waals surface area contributed by atoms with E-state index in [1.807, 2.05) is 37.3 Å². The third-order valence-corrected chi connectivity index (χ3v) is 6.57. The summed E-state index contributed by atoms with van der Waals surface area (Å²) < 4.78 is 21.9. The van der Waals surface area contributed by atoms with E-state index < -0.39 is 12.0 Å². The Labute approximate surface area is 217 Å². The van der Waals surface area contributed by atoms with E-state index in [-0.39, 0.29) is 11.8 Å². The van der Waals surface area contributed by atoms with E-state index in [0.717, 1.165) is 6.42 Å². The molecule has 37 heavy (non-hydrogen) atoms. The van der Waals surface area contributed by atoms with Crippen molar-refractivity contribution >= 4 is 17.5 Å². The van der Waals surface area contributed by atoms with Crippen molar-refractivity contribution in [2.75, 3.05) is 40.3 Å². The lowest BCUT2D eigenvalue weighted by Crippen LogP contribution is -2.46. The Bertz CT molecular complexity index is 1250. The van der Waals surface area contributed by atoms with Crippen molar-refractivity contribution in [1.82, 2.24) is 4.90 Å². The van der Waals surface area contributed by atoms with Crippen molar-refractivity contribution in [3.63, 3.8) is 0 Å². The molecule has 8 nitrogen and oxygen atoms in total. The molecule has 4 rings (SSSR count). The molecule has 0 aliphatic carbocycles. The zero-order chi connectivity index (χ0) is 26.5. The molecule has 0 spiro atoms. The summed E-state index contributed by atoms with van der Waals surface area (Å²) in [5, 5.41) is 3.04. The minimum atomic E-state index is -0.689. The quantitative estimate of drug-likeness (QED) is 0.439. The lowest BCUT2D eigenvalue weighted by atomic mass is 9.78. The Morgan fingerprint density at radius 2 is 1.54 bits per heavy atom. The normalized spacial score (nSPS) is 16.6. The molecule has 1 N–H and O–H groups in total. The van der Waals surface area contributed by atoms with Crippen LogP contribution in [-0.4, -0.2) is 51.7 Å². The van der Waals surface area contributed by atoms with E-state index in [1.54, 1.807) is 56.6 Å². The van der Waals surface area contributed by atoms with Crippen LogP contribution in [0.25, 0.3) is 0 Å². The van der Waals surface area contributed by atoms with E-state index in [2.05, 4.69) is 5.32 Å². The summed E-state index contributed by atoms with van der Waals surface area (Å²) in [5.41, 5.74) is 2.53. The Morgan fingerprint density at radius 1 is 0.892 bits per heavy atom. The molecule has 0 saturated heterocycles. The minimum Gasteiger partial charge on any atom is -0.497 e. The number of fused-ring (bicyclic) bond motifs is 1. The van der Waals surface area contributed by atoms with Crippen LogP contribution in [0.3, 0.4) is 0 Å². The summed E-state index contributed by atoms with van der Waals surface area (Å²) in [7, 11) is 6.21. The summed E-state index contributed by atoms with van der Waals surface area (Å²) >= 11 is 0. The molecule has 3 aromatic rings. The molecule has 3 aromatic carbocycles. The number of nitrogens with zero attached hydrogens (tertiary/aromatic N) is 1. The van der Waals surface area contributed by atoms with Crippen LogP contribution in [-0.2, 0) is 4.79 Å². The van der Waals surface area contributed by atoms with E-state index in [0.29, 0.717) is 51.9 Å². The molecule has 194 valence electrons. The first-order chi connectivity index (χ1) is 18.0. The maximum absolute atomic E-state index is 14.0. The van der Waals surface area contributed by atoms with Gasteiger partial charge in [0.25, 0.3) is 5.91 Å². The lowest BCUT2D eigenvalue weighted by Gasteiger charge is -2.42. The zero-order valence-corrected chi connectivity index (χ0v) is 21.7. The molecule has 1 heterocycles. The van der Waals surface area contributed by atoms with Gasteiger partial charge in [0.05, 0.1) is 40.4 Å². The summed E-state index contributed by atoms with van der Waals surface area (Å²) in [4.78, 5) is 29.5. The van der Waals surface area contributed by atoms with Gasteiger partial charge in [-0.25, -0.2) is 0 Å². The van der Waals surface area contributed by atoms with Crippen molar-refractivity contribution in [3.05, 3.63) is 77.4 Å². The van der Waals surface area contributed by atoms with E-state index in [4.69, 9.17) is 18.9 Å². The van der Waals surface area contributed by atoms with Crippen LogP contribution in [0.5, 0.6) is 23.0 Å². The summed E-state index contributed by atoms with van der Waals surface area (Å²) in [6.45, 7) is 2.48. The van der Waals surface area contributed by atoms with Crippen molar-refractivity contribution in [2.45, 2.75) is 25.3 Å². The molecular formula is C29H32N2O6. The van der Waals surface area contributed by atoms with Gasteiger partial charge in [0.2, 0.25) is 11.7 Å². The number of methoxy groups -OCH3 is 4. The van der Waals surface area contributed by atoms with Gasteiger partial charge in [0.1, 0.15) is 5.75 Å². The number of hydrogen-bond donors (Lipinski definition) is 1. The largest absolute Gasteiger partial charge is 0.497 e. The van der Waals surface area contributed by atoms with Gasteiger partial charge >= 0.3 is 0 Å². The van der Waals surface area contributed by atoms with Gasteiger partial charge in [-0.05, 0) is 60.0 Å². The highest BCUT2D eigenvalue weighted by Gasteiger charge is 2.44. The highest BCUT2D eigenvalue weighted by atomic mass is 16.5. The smallest absolute Gasteiger partial charge is 0.254 e. The molecule has 0 radical (unpaired) electrons. The maximum Gasteiger partial charge on any atom is 0.254 e. The lowest BCUT2D eigenvalue weighted by molar-refractivity contribution is -0.119. The fourth-order valence-corrected chi connectivity index (χ4v) is 4.90. The first kappa shape index (κ1) is 25.9. The number of amides is 2. The number of anilines is 1. The standard InChI is InChI=1S/C29H32N2O6/c1-6-15-31-26(18-16-23(35-3)27(37-5)24(17-18)36-4)25(21-9-7-8-10-22(21)29(31)33)28(32)30-19-11-13-20(34-2)14-12-19/h7-14,16-17,25-26H,6,15H2,1-5H3,(H,30,32)/t25-,26-/m1/s1. The van der Waals surface area contributed by atoms with Crippen molar-refractivity contribution in [3.8, 4) is 23.0 Å². The SMILES string of the molecule is CCCN1C(=O)c2ccccc2[C@@H](C(=O)Nc2ccc(OC)cc2)[C@H]1c1cc(OC)c(OC)c(OC)c1. The number of benzene rings is 3. The van der Waals surface area contributed by atoms with E-state index in [1.165, 1.54) is 7.11 Å². The average molecular weight is 505 g/mol. The molecule has 1 aliphatic rings. The zero-order valence-electron chi connectivity index (χ0n) is 21.7. The monoisotopic (exact) mass is 504 g/mol. The van der Waals surface area contributed by atoms with Crippen molar-refractivity contribution < 1.29 is 28.5 Å². The van der Waals surface area contributed by atoms with Crippen LogP contribution in [0.1, 0.15) is 46.8 Å². The van der Waals surface area contributed by atoms with Crippen molar-refractivity contribution in [2.24, 2.45) is 0 Å². The van der Waals surface area contributed by atoms with Crippen LogP contribution in [0.2, 0.25) is 0 Å². The fourth-order valence-electron chi connectivity index (χ4n) is 4.90. The van der Waals surface area contributed by atoms with Crippen LogP contribution in [0.4, 0.5) is 5.69 Å². The van der Waals surface area contributed by atoms with Gasteiger partial charge < -0.3 is 29.2 Å². The fraction of sp³-hybridized carbons (Fsp3) is 0.310. The molecule has 1 aliphatic heterocycles. The molecule has 2 atom stereocenters. The van der Waals surface area contributed by atoms with Crippen LogP contribution >= 0.6 is 0 Å². The van der Waals surface area contributed by atoms with E-state index in [9.17, 15) is 9.59 Å². The number of ether oxygens (including phenoxy) is 4. The average Bonchev–Trinajstić information content (AvgIpc) is 2.93. The Hall–Kier alpha value is -4.20. The topological polar surface area (TPSA) is 86.3 Å². The first-order valence-corrected chi connectivity index (χ1v) is 12.1. The second-order valence-electron chi connectivity index (χ2n) is 8.68. The molecule has 8 heteroatoms. The summed E-state index contributed by atoms with van der Waals surface area (Å²) in [6.07, 6.45) is 0.724. The van der Waals surface area contributed by atoms with Crippen LogP contribution in [0.15, 0.2) is 60.7 Å². The molecular weight excluding hydrogens is 472 g/mol. The molecule has 0 aromatic heterocycles. The Balaban J connectivity index is 1.88. The number of carbonyl (C=O) groups is 2. The Morgan fingerprint density at radius 3 is 2.11 bits per heavy atom. The highest BCUT2D eigenvalue weighted by Crippen LogP contribution is 2.47. The van der Waals surface area contributed by atoms with Gasteiger partial charge in [-0.2, -0.15) is 0 Å². The summed E-state index contributed by atoms with van der Waals surface area (Å²) in [6, 6.07) is 17.5. The third kappa shape index (κ3) is 4.91. The minimum absolute atomic E-state index is 0.121.